The number of hydrogen-bond acceptors (Lipinski definition) is 3. The molecular weight excluding hydrogens is 440 g/mol. The number of nitrogen functional groups attached to an aromatic ring is 2. The maximum absolute atomic E-state index is 6.70. The van der Waals surface area contributed by atoms with Crippen molar-refractivity contribution in [2.75, 3.05) is 11.5 Å². The second-order valence-corrected chi connectivity index (χ2v) is 14.0. The average Bonchev–Trinajstić information content (AvgIpc) is 3.19. The van der Waals surface area contributed by atoms with Crippen LogP contribution < -0.4 is 16.2 Å². The number of anilines is 2. The van der Waals surface area contributed by atoms with Crippen LogP contribution in [0.1, 0.15) is 105 Å². The Balaban J connectivity index is 1.37. The zero-order chi connectivity index (χ0) is 25.7. The smallest absolute Gasteiger partial charge is 0.151 e. The van der Waals surface area contributed by atoms with Crippen LogP contribution in [0.25, 0.3) is 0 Å². The van der Waals surface area contributed by atoms with Gasteiger partial charge in [-0.25, -0.2) is 0 Å². The molecule has 1 aromatic rings. The second kappa shape index (κ2) is 9.91. The van der Waals surface area contributed by atoms with Crippen LogP contribution in [0.15, 0.2) is 30.0 Å². The highest BCUT2D eigenvalue weighted by Crippen LogP contribution is 2.68. The molecule has 4 aliphatic rings. The molecule has 0 aliphatic heterocycles. The molecule has 3 nitrogen and oxygen atoms in total. The third-order valence-electron chi connectivity index (χ3n) is 11.8. The van der Waals surface area contributed by atoms with Gasteiger partial charge in [-0.2, -0.15) is 0 Å². The van der Waals surface area contributed by atoms with Crippen molar-refractivity contribution in [1.82, 2.24) is 0 Å². The Morgan fingerprint density at radius 1 is 0.944 bits per heavy atom. The van der Waals surface area contributed by atoms with E-state index in [-0.39, 0.29) is 5.41 Å². The molecule has 1 aromatic carbocycles. The van der Waals surface area contributed by atoms with E-state index in [0.717, 1.165) is 53.6 Å². The minimum atomic E-state index is 0.112. The molecule has 0 saturated heterocycles. The molecule has 1 unspecified atom stereocenters. The molecule has 0 radical (unpaired) electrons. The van der Waals surface area contributed by atoms with Crippen molar-refractivity contribution in [1.29, 1.82) is 0 Å². The van der Waals surface area contributed by atoms with Gasteiger partial charge in [0.2, 0.25) is 0 Å². The molecule has 36 heavy (non-hydrogen) atoms. The first-order chi connectivity index (χ1) is 17.2. The summed E-state index contributed by atoms with van der Waals surface area (Å²) < 4.78 is 6.70. The minimum Gasteiger partial charge on any atom is -0.459 e. The Bertz CT molecular complexity index is 968. The molecule has 8 atom stereocenters. The number of benzene rings is 1. The number of ether oxygens (including phenoxy) is 1. The van der Waals surface area contributed by atoms with Crippen LogP contribution >= 0.6 is 0 Å². The summed E-state index contributed by atoms with van der Waals surface area (Å²) in [6.07, 6.45) is 17.4. The zero-order valence-corrected chi connectivity index (χ0v) is 23.7. The van der Waals surface area contributed by atoms with Gasteiger partial charge >= 0.3 is 0 Å². The zero-order valence-electron chi connectivity index (χ0n) is 23.7. The van der Waals surface area contributed by atoms with E-state index in [2.05, 4.69) is 40.7 Å². The third-order valence-corrected chi connectivity index (χ3v) is 11.8. The first kappa shape index (κ1) is 26.0. The Morgan fingerprint density at radius 3 is 2.53 bits per heavy atom. The van der Waals surface area contributed by atoms with E-state index in [4.69, 9.17) is 16.2 Å². The van der Waals surface area contributed by atoms with E-state index in [1.54, 1.807) is 0 Å². The number of rotatable bonds is 7. The molecule has 200 valence electrons. The molecule has 0 heterocycles. The van der Waals surface area contributed by atoms with Crippen molar-refractivity contribution >= 4 is 11.4 Å². The summed E-state index contributed by atoms with van der Waals surface area (Å²) in [5, 5.41) is 0. The monoisotopic (exact) mass is 492 g/mol. The van der Waals surface area contributed by atoms with Gasteiger partial charge in [0, 0.05) is 5.41 Å². The van der Waals surface area contributed by atoms with Gasteiger partial charge in [-0.3, -0.25) is 0 Å². The van der Waals surface area contributed by atoms with Crippen molar-refractivity contribution in [3.63, 3.8) is 0 Å². The van der Waals surface area contributed by atoms with Crippen LogP contribution in [-0.2, 0) is 0 Å². The van der Waals surface area contributed by atoms with E-state index in [1.807, 2.05) is 18.2 Å². The van der Waals surface area contributed by atoms with Crippen molar-refractivity contribution in [3.05, 3.63) is 30.0 Å². The van der Waals surface area contributed by atoms with Crippen molar-refractivity contribution in [3.8, 4) is 5.75 Å². The van der Waals surface area contributed by atoms with Crippen LogP contribution in [0.5, 0.6) is 5.75 Å². The molecule has 4 aliphatic carbocycles. The normalized spacial score (nSPS) is 38.6. The van der Waals surface area contributed by atoms with Gasteiger partial charge < -0.3 is 16.2 Å². The van der Waals surface area contributed by atoms with Crippen molar-refractivity contribution < 1.29 is 4.74 Å². The molecule has 3 heteroatoms. The van der Waals surface area contributed by atoms with Gasteiger partial charge in [-0.05, 0) is 116 Å². The average molecular weight is 493 g/mol. The predicted octanol–water partition coefficient (Wildman–Crippen LogP) is 8.84. The maximum Gasteiger partial charge on any atom is 0.151 e. The van der Waals surface area contributed by atoms with E-state index < -0.39 is 0 Å². The Kier molecular flexibility index (Phi) is 7.16. The Hall–Kier alpha value is -1.64. The summed E-state index contributed by atoms with van der Waals surface area (Å²) in [6, 6.07) is 5.81. The molecular formula is C33H52N2O. The molecule has 0 amide bonds. The summed E-state index contributed by atoms with van der Waals surface area (Å²) in [5.74, 6) is 7.68. The largest absolute Gasteiger partial charge is 0.459 e. The van der Waals surface area contributed by atoms with E-state index in [9.17, 15) is 0 Å². The van der Waals surface area contributed by atoms with Crippen molar-refractivity contribution in [2.45, 2.75) is 105 Å². The molecule has 5 rings (SSSR count). The molecule has 0 spiro atoms. The number of nitrogens with two attached hydrogens (primary N) is 2. The summed E-state index contributed by atoms with van der Waals surface area (Å²) in [4.78, 5) is 0. The highest BCUT2D eigenvalue weighted by atomic mass is 16.5. The standard InChI is InChI=1S/C33H52N2O/c1-21(2)9-6-10-22(3)25-17-18-26-24-16-15-23-11-7-14-30(36-29-13-8-12-28(34)31(29)35)33(23,5)27(24)19-20-32(25,26)4/h8,12-14,21-27H,6-7,9-11,15-20,34-35H2,1-5H3/t22-,23?,24+,25-,26+,27+,32-,33+/m1/s1. The van der Waals surface area contributed by atoms with Crippen LogP contribution in [0.3, 0.4) is 0 Å². The number of fused-ring (bicyclic) bond motifs is 5. The highest BCUT2D eigenvalue weighted by Gasteiger charge is 2.61. The summed E-state index contributed by atoms with van der Waals surface area (Å²) in [6.45, 7) is 12.6. The van der Waals surface area contributed by atoms with Gasteiger partial charge in [-0.1, -0.05) is 59.9 Å². The first-order valence-electron chi connectivity index (χ1n) is 15.2. The minimum absolute atomic E-state index is 0.112. The lowest BCUT2D eigenvalue weighted by Gasteiger charge is -2.60. The van der Waals surface area contributed by atoms with E-state index in [1.165, 1.54) is 70.0 Å². The molecule has 4 N–H and O–H groups in total. The highest BCUT2D eigenvalue weighted by molar-refractivity contribution is 5.70. The summed E-state index contributed by atoms with van der Waals surface area (Å²) in [5.41, 5.74) is 14.3. The molecule has 3 fully saturated rings. The summed E-state index contributed by atoms with van der Waals surface area (Å²) in [7, 11) is 0. The Labute approximate surface area is 220 Å². The van der Waals surface area contributed by atoms with Crippen molar-refractivity contribution in [2.24, 2.45) is 52.3 Å². The number of para-hydroxylation sites is 1. The quantitative estimate of drug-likeness (QED) is 0.374. The van der Waals surface area contributed by atoms with E-state index >= 15 is 0 Å². The molecule has 3 saturated carbocycles. The lowest BCUT2D eigenvalue weighted by Crippen LogP contribution is -2.54. The lowest BCUT2D eigenvalue weighted by molar-refractivity contribution is -0.100. The van der Waals surface area contributed by atoms with Gasteiger partial charge in [0.15, 0.2) is 5.75 Å². The molecule has 0 bridgehead atoms. The van der Waals surface area contributed by atoms with Crippen LogP contribution in [0.2, 0.25) is 0 Å². The SMILES string of the molecule is CC(C)CCC[C@@H](C)[C@H]1CC[C@H]2[C@@H]3CCC4CCC=C(Oc5cccc(N)c5N)[C@]4(C)[C@H]3CC[C@]12C. The van der Waals surface area contributed by atoms with Gasteiger partial charge in [0.1, 0.15) is 5.76 Å². The lowest BCUT2D eigenvalue weighted by atomic mass is 9.45. The number of allylic oxidation sites excluding steroid dienone is 2. The van der Waals surface area contributed by atoms with Gasteiger partial charge in [0.05, 0.1) is 11.4 Å². The van der Waals surface area contributed by atoms with Crippen LogP contribution in [0, 0.1) is 52.3 Å². The fraction of sp³-hybridized carbons (Fsp3) is 0.758. The molecule has 0 aromatic heterocycles. The maximum atomic E-state index is 6.70. The fourth-order valence-corrected chi connectivity index (χ4v) is 9.84. The van der Waals surface area contributed by atoms with Gasteiger partial charge in [-0.15, -0.1) is 0 Å². The second-order valence-electron chi connectivity index (χ2n) is 14.0. The predicted molar refractivity (Wildman–Crippen MR) is 152 cm³/mol. The topological polar surface area (TPSA) is 61.3 Å². The third kappa shape index (κ3) is 4.27. The Morgan fingerprint density at radius 2 is 1.75 bits per heavy atom. The summed E-state index contributed by atoms with van der Waals surface area (Å²) >= 11 is 0. The first-order valence-corrected chi connectivity index (χ1v) is 15.2. The van der Waals surface area contributed by atoms with Gasteiger partial charge in [0.25, 0.3) is 0 Å². The number of hydrogen-bond donors (Lipinski definition) is 2. The van der Waals surface area contributed by atoms with E-state index in [0.29, 0.717) is 16.8 Å². The fourth-order valence-electron chi connectivity index (χ4n) is 9.84. The van der Waals surface area contributed by atoms with Crippen LogP contribution in [0.4, 0.5) is 11.4 Å². The van der Waals surface area contributed by atoms with Crippen LogP contribution in [-0.4, -0.2) is 0 Å².